The van der Waals surface area contributed by atoms with Gasteiger partial charge in [0.05, 0.1) is 28.3 Å². The van der Waals surface area contributed by atoms with E-state index >= 15 is 0 Å². The van der Waals surface area contributed by atoms with E-state index in [-0.39, 0.29) is 11.5 Å². The van der Waals surface area contributed by atoms with E-state index in [2.05, 4.69) is 25.5 Å². The first kappa shape index (κ1) is 21.3. The Bertz CT molecular complexity index is 1300. The van der Waals surface area contributed by atoms with E-state index in [9.17, 15) is 18.0 Å². The van der Waals surface area contributed by atoms with Crippen LogP contribution in [0.15, 0.2) is 48.6 Å². The zero-order valence-corrected chi connectivity index (χ0v) is 18.1. The fraction of sp³-hybridized carbons (Fsp3) is 0.286. The van der Waals surface area contributed by atoms with E-state index in [4.69, 9.17) is 0 Å². The highest BCUT2D eigenvalue weighted by Gasteiger charge is 2.38. The van der Waals surface area contributed by atoms with Crippen LogP contribution in [0.3, 0.4) is 0 Å². The number of hydrogen-bond acceptors (Lipinski definition) is 6. The van der Waals surface area contributed by atoms with E-state index in [1.165, 1.54) is 0 Å². The molecule has 4 heterocycles. The molecular weight excluding hydrogens is 455 g/mol. The SMILES string of the molecule is C[C@@H](n1cnnc1-c1cc(NC(=O)c2cc(-n3cnc(C4CC4)c3)ccn2)cs1)C(F)(F)F. The van der Waals surface area contributed by atoms with Gasteiger partial charge in [-0.2, -0.15) is 13.2 Å². The number of amides is 1. The van der Waals surface area contributed by atoms with Crippen LogP contribution in [0.25, 0.3) is 16.4 Å². The maximum Gasteiger partial charge on any atom is 0.408 e. The Morgan fingerprint density at radius 2 is 2.06 bits per heavy atom. The molecule has 0 spiro atoms. The lowest BCUT2D eigenvalue weighted by molar-refractivity contribution is -0.162. The number of rotatable bonds is 6. The Kier molecular flexibility index (Phi) is 5.23. The average Bonchev–Trinajstić information content (AvgIpc) is 3.19. The highest BCUT2D eigenvalue weighted by Crippen LogP contribution is 2.39. The van der Waals surface area contributed by atoms with Gasteiger partial charge in [-0.05, 0) is 38.0 Å². The summed E-state index contributed by atoms with van der Waals surface area (Å²) < 4.78 is 42.2. The normalized spacial score (nSPS) is 14.9. The molecule has 0 bridgehead atoms. The zero-order chi connectivity index (χ0) is 23.2. The van der Waals surface area contributed by atoms with Crippen molar-refractivity contribution in [2.24, 2.45) is 0 Å². The third-order valence-electron chi connectivity index (χ3n) is 5.41. The van der Waals surface area contributed by atoms with Gasteiger partial charge in [0.1, 0.15) is 18.1 Å². The van der Waals surface area contributed by atoms with Crippen molar-refractivity contribution < 1.29 is 18.0 Å². The number of aromatic nitrogens is 6. The van der Waals surface area contributed by atoms with Gasteiger partial charge < -0.3 is 14.5 Å². The Hall–Kier alpha value is -3.54. The largest absolute Gasteiger partial charge is 0.408 e. The molecule has 0 unspecified atom stereocenters. The maximum absolute atomic E-state index is 13.1. The average molecular weight is 473 g/mol. The highest BCUT2D eigenvalue weighted by molar-refractivity contribution is 7.14. The lowest BCUT2D eigenvalue weighted by atomic mass is 10.2. The fourth-order valence-corrected chi connectivity index (χ4v) is 4.18. The molecule has 4 aromatic heterocycles. The first-order valence-electron chi connectivity index (χ1n) is 10.2. The molecule has 1 aliphatic rings. The van der Waals surface area contributed by atoms with Crippen LogP contribution >= 0.6 is 11.3 Å². The molecule has 170 valence electrons. The van der Waals surface area contributed by atoms with E-state index in [1.807, 2.05) is 10.8 Å². The van der Waals surface area contributed by atoms with Crippen LogP contribution in [0.4, 0.5) is 18.9 Å². The second-order valence-corrected chi connectivity index (χ2v) is 8.72. The molecule has 1 aliphatic carbocycles. The number of pyridine rings is 1. The Morgan fingerprint density at radius 3 is 2.82 bits per heavy atom. The van der Waals surface area contributed by atoms with E-state index < -0.39 is 18.1 Å². The monoisotopic (exact) mass is 473 g/mol. The van der Waals surface area contributed by atoms with Crippen molar-refractivity contribution in [1.82, 2.24) is 29.3 Å². The predicted molar refractivity (Wildman–Crippen MR) is 115 cm³/mol. The van der Waals surface area contributed by atoms with Crippen LogP contribution in [0, 0.1) is 0 Å². The Balaban J connectivity index is 1.32. The minimum absolute atomic E-state index is 0.0806. The number of halogens is 3. The van der Waals surface area contributed by atoms with Crippen molar-refractivity contribution in [2.45, 2.75) is 37.9 Å². The van der Waals surface area contributed by atoms with Crippen LogP contribution in [0.1, 0.15) is 47.9 Å². The molecule has 12 heteroatoms. The molecule has 0 radical (unpaired) electrons. The zero-order valence-electron chi connectivity index (χ0n) is 17.3. The van der Waals surface area contributed by atoms with Crippen LogP contribution in [0.2, 0.25) is 0 Å². The highest BCUT2D eigenvalue weighted by atomic mass is 32.1. The van der Waals surface area contributed by atoms with Crippen LogP contribution < -0.4 is 5.32 Å². The van der Waals surface area contributed by atoms with Crippen molar-refractivity contribution in [1.29, 1.82) is 0 Å². The van der Waals surface area contributed by atoms with E-state index in [0.29, 0.717) is 16.5 Å². The van der Waals surface area contributed by atoms with Crippen LogP contribution in [-0.2, 0) is 0 Å². The van der Waals surface area contributed by atoms with Crippen molar-refractivity contribution in [3.05, 3.63) is 60.0 Å². The van der Waals surface area contributed by atoms with Gasteiger partial charge in [0.2, 0.25) is 0 Å². The van der Waals surface area contributed by atoms with Crippen LogP contribution in [0.5, 0.6) is 0 Å². The van der Waals surface area contributed by atoms with Gasteiger partial charge in [-0.3, -0.25) is 9.78 Å². The van der Waals surface area contributed by atoms with Crippen LogP contribution in [-0.4, -0.2) is 41.4 Å². The number of carbonyl (C=O) groups is 1. The Morgan fingerprint density at radius 1 is 1.24 bits per heavy atom. The summed E-state index contributed by atoms with van der Waals surface area (Å²) in [7, 11) is 0. The summed E-state index contributed by atoms with van der Waals surface area (Å²) in [5, 5.41) is 11.8. The summed E-state index contributed by atoms with van der Waals surface area (Å²) in [6, 6.07) is 3.22. The molecule has 33 heavy (non-hydrogen) atoms. The van der Waals surface area contributed by atoms with Gasteiger partial charge in [0.25, 0.3) is 5.91 Å². The molecule has 5 rings (SSSR count). The molecule has 1 saturated carbocycles. The first-order valence-corrected chi connectivity index (χ1v) is 11.0. The summed E-state index contributed by atoms with van der Waals surface area (Å²) in [5.41, 5.74) is 2.43. The lowest BCUT2D eigenvalue weighted by Gasteiger charge is -2.17. The molecule has 0 aromatic carbocycles. The number of anilines is 1. The summed E-state index contributed by atoms with van der Waals surface area (Å²) in [4.78, 5) is 21.8. The van der Waals surface area contributed by atoms with Gasteiger partial charge in [-0.1, -0.05) is 0 Å². The molecule has 1 N–H and O–H groups in total. The standard InChI is InChI=1S/C21H18F3N7OS/c1-12(21(22,23)24)31-11-27-29-19(31)18-6-14(9-33-18)28-20(32)16-7-15(4-5-25-16)30-8-17(26-10-30)13-2-3-13/h4-13H,2-3H2,1H3,(H,28,32)/t12-/m1/s1. The van der Waals surface area contributed by atoms with Crippen molar-refractivity contribution in [2.75, 3.05) is 5.32 Å². The molecule has 1 atom stereocenters. The second kappa shape index (κ2) is 8.10. The van der Waals surface area contributed by atoms with Crippen molar-refractivity contribution >= 4 is 22.9 Å². The molecule has 0 aliphatic heterocycles. The topological polar surface area (TPSA) is 90.5 Å². The predicted octanol–water partition coefficient (Wildman–Crippen LogP) is 4.84. The number of nitrogens with zero attached hydrogens (tertiary/aromatic N) is 6. The quantitative estimate of drug-likeness (QED) is 0.433. The van der Waals surface area contributed by atoms with Gasteiger partial charge in [-0.15, -0.1) is 21.5 Å². The number of carbonyl (C=O) groups excluding carboxylic acids is 1. The van der Waals surface area contributed by atoms with Gasteiger partial charge in [-0.25, -0.2) is 4.98 Å². The van der Waals surface area contributed by atoms with E-state index in [0.717, 1.165) is 53.4 Å². The molecule has 1 amide bonds. The summed E-state index contributed by atoms with van der Waals surface area (Å²) >= 11 is 1.16. The van der Waals surface area contributed by atoms with Gasteiger partial charge >= 0.3 is 6.18 Å². The number of alkyl halides is 3. The Labute approximate surface area is 190 Å². The molecule has 4 aromatic rings. The van der Waals surface area contributed by atoms with Crippen molar-refractivity contribution in [3.8, 4) is 16.4 Å². The summed E-state index contributed by atoms with van der Waals surface area (Å²) in [5.74, 6) is 0.166. The smallest absolute Gasteiger partial charge is 0.320 e. The number of nitrogens with one attached hydrogen (secondary N) is 1. The molecular formula is C21H18F3N7OS. The number of thiophene rings is 1. The minimum atomic E-state index is -4.43. The third kappa shape index (κ3) is 4.38. The maximum atomic E-state index is 13.1. The molecule has 1 fully saturated rings. The van der Waals surface area contributed by atoms with Crippen molar-refractivity contribution in [3.63, 3.8) is 0 Å². The summed E-state index contributed by atoms with van der Waals surface area (Å²) in [6.45, 7) is 1.04. The second-order valence-electron chi connectivity index (χ2n) is 7.81. The first-order chi connectivity index (χ1) is 15.8. The molecule has 0 saturated heterocycles. The minimum Gasteiger partial charge on any atom is -0.320 e. The lowest BCUT2D eigenvalue weighted by Crippen LogP contribution is -2.23. The summed E-state index contributed by atoms with van der Waals surface area (Å²) in [6.07, 6.45) is 4.12. The third-order valence-corrected chi connectivity index (χ3v) is 6.34. The number of imidazole rings is 1. The fourth-order valence-electron chi connectivity index (χ4n) is 3.35. The number of hydrogen-bond donors (Lipinski definition) is 1. The van der Waals surface area contributed by atoms with E-state index in [1.54, 1.807) is 36.1 Å². The van der Waals surface area contributed by atoms with Gasteiger partial charge in [0.15, 0.2) is 5.82 Å². The molecule has 8 nitrogen and oxygen atoms in total. The van der Waals surface area contributed by atoms with Gasteiger partial charge in [0, 0.05) is 23.7 Å².